The number of hydrogen-bond donors (Lipinski definition) is 0. The Balaban J connectivity index is 2.19. The third-order valence-corrected chi connectivity index (χ3v) is 3.51. The molecule has 20 heavy (non-hydrogen) atoms. The van der Waals surface area contributed by atoms with Gasteiger partial charge in [0.05, 0.1) is 4.92 Å². The van der Waals surface area contributed by atoms with Crippen LogP contribution >= 0.6 is 11.6 Å². The van der Waals surface area contributed by atoms with Crippen LogP contribution < -0.4 is 4.90 Å². The number of halogens is 1. The predicted molar refractivity (Wildman–Crippen MR) is 75.6 cm³/mol. The number of nitro groups is 1. The lowest BCUT2D eigenvalue weighted by Crippen LogP contribution is -2.17. The maximum absolute atomic E-state index is 11.3. The fourth-order valence-electron chi connectivity index (χ4n) is 2.48. The molecule has 1 aliphatic heterocycles. The molecule has 2 aromatic rings. The Morgan fingerprint density at radius 1 is 1.35 bits per heavy atom. The number of hydrogen-bond acceptors (Lipinski definition) is 5. The van der Waals surface area contributed by atoms with Gasteiger partial charge in [-0.15, -0.1) is 0 Å². The Morgan fingerprint density at radius 3 is 2.85 bits per heavy atom. The highest BCUT2D eigenvalue weighted by atomic mass is 35.5. The van der Waals surface area contributed by atoms with E-state index >= 15 is 0 Å². The summed E-state index contributed by atoms with van der Waals surface area (Å²) in [6.45, 7) is 2.21. The number of aryl methyl sites for hydroxylation is 1. The number of para-hydroxylation sites is 1. The monoisotopic (exact) mass is 290 g/mol. The highest BCUT2D eigenvalue weighted by Gasteiger charge is 2.30. The number of fused-ring (bicyclic) bond motifs is 1. The minimum absolute atomic E-state index is 0.0208. The summed E-state index contributed by atoms with van der Waals surface area (Å²) in [5.41, 5.74) is 2.26. The Labute approximate surface area is 120 Å². The first-order valence-electron chi connectivity index (χ1n) is 6.12. The van der Waals surface area contributed by atoms with Gasteiger partial charge in [0.1, 0.15) is 5.69 Å². The van der Waals surface area contributed by atoms with Crippen LogP contribution in [-0.2, 0) is 6.42 Å². The fraction of sp³-hybridized carbons (Fsp3) is 0.231. The molecule has 0 amide bonds. The van der Waals surface area contributed by atoms with E-state index in [1.54, 1.807) is 6.92 Å². The molecule has 0 saturated carbocycles. The normalized spacial score (nSPS) is 13.4. The molecular weight excluding hydrogens is 280 g/mol. The summed E-state index contributed by atoms with van der Waals surface area (Å²) in [5.74, 6) is 0.262. The Morgan fingerprint density at radius 2 is 2.10 bits per heavy atom. The maximum Gasteiger partial charge on any atom is 0.333 e. The number of nitrogens with zero attached hydrogens (tertiary/aromatic N) is 4. The van der Waals surface area contributed by atoms with Crippen molar-refractivity contribution < 1.29 is 4.92 Å². The molecular formula is C13H11ClN4O2. The molecule has 6 nitrogen and oxygen atoms in total. The second-order valence-corrected chi connectivity index (χ2v) is 4.88. The average molecular weight is 291 g/mol. The van der Waals surface area contributed by atoms with Crippen molar-refractivity contribution in [1.29, 1.82) is 0 Å². The van der Waals surface area contributed by atoms with Crippen LogP contribution in [0.15, 0.2) is 24.3 Å². The molecule has 0 unspecified atom stereocenters. The van der Waals surface area contributed by atoms with Gasteiger partial charge >= 0.3 is 5.69 Å². The lowest BCUT2D eigenvalue weighted by Gasteiger charge is -2.18. The Bertz CT molecular complexity index is 705. The van der Waals surface area contributed by atoms with E-state index < -0.39 is 4.92 Å². The zero-order chi connectivity index (χ0) is 14.3. The number of anilines is 2. The van der Waals surface area contributed by atoms with Gasteiger partial charge in [-0.25, -0.2) is 4.98 Å². The lowest BCUT2D eigenvalue weighted by molar-refractivity contribution is -0.385. The molecule has 0 spiro atoms. The van der Waals surface area contributed by atoms with Gasteiger partial charge in [-0.2, -0.15) is 4.98 Å². The molecule has 7 heteroatoms. The van der Waals surface area contributed by atoms with E-state index in [9.17, 15) is 10.1 Å². The number of benzene rings is 1. The first kappa shape index (κ1) is 12.8. The fourth-order valence-corrected chi connectivity index (χ4v) is 2.69. The highest BCUT2D eigenvalue weighted by Crippen LogP contribution is 2.39. The largest absolute Gasteiger partial charge is 0.333 e. The quantitative estimate of drug-likeness (QED) is 0.483. The lowest BCUT2D eigenvalue weighted by atomic mass is 10.2. The molecule has 1 aromatic heterocycles. The average Bonchev–Trinajstić information content (AvgIpc) is 2.80. The number of aromatic nitrogens is 2. The van der Waals surface area contributed by atoms with Gasteiger partial charge in [0.2, 0.25) is 11.1 Å². The second kappa shape index (κ2) is 4.72. The van der Waals surface area contributed by atoms with Gasteiger partial charge in [0.15, 0.2) is 0 Å². The van der Waals surface area contributed by atoms with Gasteiger partial charge in [-0.1, -0.05) is 18.2 Å². The molecule has 0 fully saturated rings. The van der Waals surface area contributed by atoms with Crippen LogP contribution in [0.4, 0.5) is 17.2 Å². The van der Waals surface area contributed by atoms with Gasteiger partial charge in [0, 0.05) is 12.2 Å². The molecule has 1 aromatic carbocycles. The third-order valence-electron chi connectivity index (χ3n) is 3.34. The Hall–Kier alpha value is -2.21. The summed E-state index contributed by atoms with van der Waals surface area (Å²) in [6, 6.07) is 7.79. The van der Waals surface area contributed by atoms with Gasteiger partial charge in [0.25, 0.3) is 0 Å². The summed E-state index contributed by atoms with van der Waals surface area (Å²) in [5, 5.41) is 11.3. The molecule has 3 rings (SSSR count). The first-order chi connectivity index (χ1) is 9.58. The Kier molecular flexibility index (Phi) is 3.02. The first-order valence-corrected chi connectivity index (χ1v) is 6.49. The number of rotatable bonds is 2. The smallest absolute Gasteiger partial charge is 0.320 e. The van der Waals surface area contributed by atoms with Crippen LogP contribution in [0.3, 0.4) is 0 Å². The van der Waals surface area contributed by atoms with Crippen molar-refractivity contribution in [1.82, 2.24) is 9.97 Å². The van der Waals surface area contributed by atoms with Crippen LogP contribution in [0.1, 0.15) is 11.3 Å². The van der Waals surface area contributed by atoms with E-state index in [1.165, 1.54) is 0 Å². The van der Waals surface area contributed by atoms with Gasteiger partial charge in [-0.3, -0.25) is 10.1 Å². The molecule has 1 aliphatic rings. The molecule has 0 saturated heterocycles. The molecule has 0 bridgehead atoms. The van der Waals surface area contributed by atoms with Crippen LogP contribution in [0.2, 0.25) is 5.28 Å². The van der Waals surface area contributed by atoms with Crippen LogP contribution in [0.5, 0.6) is 0 Å². The molecule has 0 N–H and O–H groups in total. The second-order valence-electron chi connectivity index (χ2n) is 4.54. The summed E-state index contributed by atoms with van der Waals surface area (Å²) < 4.78 is 0. The van der Waals surface area contributed by atoms with Crippen molar-refractivity contribution in [3.63, 3.8) is 0 Å². The molecule has 0 radical (unpaired) electrons. The predicted octanol–water partition coefficient (Wildman–Crippen LogP) is 3.04. The molecule has 102 valence electrons. The molecule has 2 heterocycles. The van der Waals surface area contributed by atoms with Crippen LogP contribution in [-0.4, -0.2) is 21.4 Å². The standard InChI is InChI=1S/C13H11ClN4O2/c1-8-11(18(19)20)12(16-13(14)15-8)17-7-6-9-4-2-3-5-10(9)17/h2-5H,6-7H2,1H3. The molecule has 0 aliphatic carbocycles. The summed E-state index contributed by atoms with van der Waals surface area (Å²) in [4.78, 5) is 20.6. The van der Waals surface area contributed by atoms with Crippen molar-refractivity contribution >= 4 is 28.8 Å². The topological polar surface area (TPSA) is 72.2 Å². The summed E-state index contributed by atoms with van der Waals surface area (Å²) in [6.07, 6.45) is 0.827. The molecule has 0 atom stereocenters. The van der Waals surface area contributed by atoms with E-state index in [1.807, 2.05) is 29.2 Å². The minimum atomic E-state index is -0.456. The zero-order valence-corrected chi connectivity index (χ0v) is 11.5. The van der Waals surface area contributed by atoms with E-state index in [2.05, 4.69) is 9.97 Å². The van der Waals surface area contributed by atoms with Gasteiger partial charge in [-0.05, 0) is 36.6 Å². The van der Waals surface area contributed by atoms with Crippen molar-refractivity contribution in [2.75, 3.05) is 11.4 Å². The van der Waals surface area contributed by atoms with Gasteiger partial charge < -0.3 is 4.90 Å². The van der Waals surface area contributed by atoms with Crippen molar-refractivity contribution in [2.45, 2.75) is 13.3 Å². The maximum atomic E-state index is 11.3. The van der Waals surface area contributed by atoms with E-state index in [0.717, 1.165) is 17.7 Å². The van der Waals surface area contributed by atoms with E-state index in [-0.39, 0.29) is 22.5 Å². The minimum Gasteiger partial charge on any atom is -0.320 e. The third kappa shape index (κ3) is 1.98. The van der Waals surface area contributed by atoms with Crippen LogP contribution in [0.25, 0.3) is 0 Å². The van der Waals surface area contributed by atoms with Crippen molar-refractivity contribution in [3.8, 4) is 0 Å². The summed E-state index contributed by atoms with van der Waals surface area (Å²) in [7, 11) is 0. The van der Waals surface area contributed by atoms with E-state index in [4.69, 9.17) is 11.6 Å². The van der Waals surface area contributed by atoms with Crippen molar-refractivity contribution in [2.24, 2.45) is 0 Å². The van der Waals surface area contributed by atoms with Crippen LogP contribution in [0, 0.1) is 17.0 Å². The zero-order valence-electron chi connectivity index (χ0n) is 10.7. The summed E-state index contributed by atoms with van der Waals surface area (Å²) >= 11 is 5.86. The SMILES string of the molecule is Cc1nc(Cl)nc(N2CCc3ccccc32)c1[N+](=O)[O-]. The van der Waals surface area contributed by atoms with E-state index in [0.29, 0.717) is 6.54 Å². The van der Waals surface area contributed by atoms with Crippen molar-refractivity contribution in [3.05, 3.63) is 50.9 Å². The highest BCUT2D eigenvalue weighted by molar-refractivity contribution is 6.28.